The number of ether oxygens (including phenoxy) is 2. The van der Waals surface area contributed by atoms with E-state index in [1.165, 1.54) is 41.5 Å². The maximum absolute atomic E-state index is 11.5. The Morgan fingerprint density at radius 2 is 0.957 bits per heavy atom. The van der Waals surface area contributed by atoms with Gasteiger partial charge in [0.05, 0.1) is 10.8 Å². The smallest absolute Gasteiger partial charge is 0.317 e. The monoisotopic (exact) mass is 374 g/mol. The largest absolute Gasteiger partial charge is 0.446 e. The molecule has 0 aromatic carbocycles. The van der Waals surface area contributed by atoms with Crippen LogP contribution in [0.4, 0.5) is 0 Å². The van der Waals surface area contributed by atoms with Crippen molar-refractivity contribution in [1.82, 2.24) is 0 Å². The van der Waals surface area contributed by atoms with E-state index >= 15 is 0 Å². The zero-order valence-electron chi connectivity index (χ0n) is 13.9. The van der Waals surface area contributed by atoms with Crippen molar-refractivity contribution in [1.29, 1.82) is 0 Å². The molecule has 0 bridgehead atoms. The maximum atomic E-state index is 11.5. The summed E-state index contributed by atoms with van der Waals surface area (Å²) >= 11 is 0. The first-order valence-corrected chi connectivity index (χ1v) is 9.63. The molecule has 11 heteroatoms. The average Bonchev–Trinajstić information content (AvgIpc) is 2.29. The van der Waals surface area contributed by atoms with Crippen LogP contribution < -0.4 is 0 Å². The SMILES string of the molecule is CC(C)(C)C(=O)OCS(=O)(=O)OS(=O)(=O)COC(=O)C(C)(C)C. The molecule has 0 aromatic rings. The summed E-state index contributed by atoms with van der Waals surface area (Å²) in [5.41, 5.74) is -1.92. The molecule has 0 unspecified atom stereocenters. The predicted octanol–water partition coefficient (Wildman–Crippen LogP) is 0.756. The molecule has 0 N–H and O–H groups in total. The highest BCUT2D eigenvalue weighted by atomic mass is 32.3. The number of carbonyl (C=O) groups is 2. The summed E-state index contributed by atoms with van der Waals surface area (Å²) in [6.07, 6.45) is 0. The molecule has 0 amide bonds. The molecule has 0 rings (SSSR count). The molecule has 0 saturated heterocycles. The Bertz CT molecular complexity index is 588. The first-order chi connectivity index (χ1) is 9.96. The van der Waals surface area contributed by atoms with Gasteiger partial charge in [0.2, 0.25) is 11.9 Å². The van der Waals surface area contributed by atoms with Crippen LogP contribution in [0.1, 0.15) is 41.5 Å². The minimum atomic E-state index is -4.70. The molecule has 0 saturated carbocycles. The van der Waals surface area contributed by atoms with E-state index in [-0.39, 0.29) is 0 Å². The number of hydrogen-bond acceptors (Lipinski definition) is 9. The topological polar surface area (TPSA) is 130 Å². The summed E-state index contributed by atoms with van der Waals surface area (Å²) in [6, 6.07) is 0. The van der Waals surface area contributed by atoms with Crippen molar-refractivity contribution in [2.24, 2.45) is 10.8 Å². The second-order valence-corrected chi connectivity index (χ2v) is 10.0. The Balaban J connectivity index is 4.71. The van der Waals surface area contributed by atoms with Crippen LogP contribution in [0, 0.1) is 10.8 Å². The van der Waals surface area contributed by atoms with Crippen molar-refractivity contribution in [3.05, 3.63) is 0 Å². The van der Waals surface area contributed by atoms with Crippen LogP contribution in [0.15, 0.2) is 0 Å². The van der Waals surface area contributed by atoms with Gasteiger partial charge in [-0.3, -0.25) is 9.59 Å². The molecule has 0 fully saturated rings. The molecule has 0 radical (unpaired) electrons. The molecule has 0 spiro atoms. The predicted molar refractivity (Wildman–Crippen MR) is 79.8 cm³/mol. The van der Waals surface area contributed by atoms with Gasteiger partial charge in [-0.25, -0.2) is 0 Å². The van der Waals surface area contributed by atoms with Gasteiger partial charge in [0.15, 0.2) is 0 Å². The van der Waals surface area contributed by atoms with Crippen molar-refractivity contribution in [2.75, 3.05) is 11.9 Å². The summed E-state index contributed by atoms with van der Waals surface area (Å²) in [5.74, 6) is -4.23. The number of hydrogen-bond donors (Lipinski definition) is 0. The Morgan fingerprint density at radius 1 is 0.696 bits per heavy atom. The summed E-state index contributed by atoms with van der Waals surface area (Å²) < 4.78 is 58.9. The highest BCUT2D eigenvalue weighted by Gasteiger charge is 2.31. The van der Waals surface area contributed by atoms with Crippen LogP contribution in [0.25, 0.3) is 0 Å². The van der Waals surface area contributed by atoms with Gasteiger partial charge in [0, 0.05) is 0 Å². The lowest BCUT2D eigenvalue weighted by atomic mass is 9.98. The van der Waals surface area contributed by atoms with Crippen LogP contribution in [0.5, 0.6) is 0 Å². The van der Waals surface area contributed by atoms with Gasteiger partial charge in [-0.15, -0.1) is 3.63 Å². The van der Waals surface area contributed by atoms with Gasteiger partial charge in [-0.05, 0) is 41.5 Å². The summed E-state index contributed by atoms with van der Waals surface area (Å²) in [4.78, 5) is 22.9. The molecule has 0 aliphatic heterocycles. The van der Waals surface area contributed by atoms with E-state index in [0.717, 1.165) is 0 Å². The standard InChI is InChI=1S/C12H22O9S2/c1-11(2,3)9(13)19-7-22(15,16)21-23(17,18)8-20-10(14)12(4,5)6/h7-8H2,1-6H3. The average molecular weight is 374 g/mol. The third kappa shape index (κ3) is 8.86. The van der Waals surface area contributed by atoms with Crippen molar-refractivity contribution < 1.29 is 39.5 Å². The van der Waals surface area contributed by atoms with Crippen molar-refractivity contribution in [3.63, 3.8) is 0 Å². The fourth-order valence-corrected chi connectivity index (χ4v) is 2.96. The van der Waals surface area contributed by atoms with E-state index in [2.05, 4.69) is 13.1 Å². The molecule has 0 aliphatic rings. The summed E-state index contributed by atoms with van der Waals surface area (Å²) in [6.45, 7) is 8.95. The Kier molecular flexibility index (Phi) is 6.77. The van der Waals surface area contributed by atoms with Gasteiger partial charge in [-0.2, -0.15) is 16.8 Å². The van der Waals surface area contributed by atoms with Crippen molar-refractivity contribution >= 4 is 32.2 Å². The summed E-state index contributed by atoms with van der Waals surface area (Å²) in [5, 5.41) is 0. The van der Waals surface area contributed by atoms with E-state index in [1.807, 2.05) is 0 Å². The van der Waals surface area contributed by atoms with Crippen LogP contribution >= 0.6 is 0 Å². The number of esters is 2. The first-order valence-electron chi connectivity index (χ1n) is 6.47. The van der Waals surface area contributed by atoms with Crippen LogP contribution in [-0.4, -0.2) is 40.7 Å². The molecule has 0 aromatic heterocycles. The quantitative estimate of drug-likeness (QED) is 0.618. The zero-order chi connectivity index (χ0) is 18.7. The minimum absolute atomic E-state index is 0.846. The zero-order valence-corrected chi connectivity index (χ0v) is 15.5. The third-order valence-corrected chi connectivity index (χ3v) is 4.57. The van der Waals surface area contributed by atoms with Crippen LogP contribution in [-0.2, 0) is 42.9 Å². The Hall–Kier alpha value is -1.20. The lowest BCUT2D eigenvalue weighted by Crippen LogP contribution is -2.29. The number of rotatable bonds is 6. The Morgan fingerprint density at radius 3 is 1.17 bits per heavy atom. The second-order valence-electron chi connectivity index (χ2n) is 6.78. The molecule has 0 atom stereocenters. The third-order valence-electron chi connectivity index (χ3n) is 2.10. The van der Waals surface area contributed by atoms with E-state index in [9.17, 15) is 26.4 Å². The van der Waals surface area contributed by atoms with Gasteiger partial charge in [-0.1, -0.05) is 0 Å². The van der Waals surface area contributed by atoms with E-state index in [0.29, 0.717) is 0 Å². The Labute approximate surface area is 136 Å². The molecular formula is C12H22O9S2. The molecule has 136 valence electrons. The highest BCUT2D eigenvalue weighted by molar-refractivity contribution is 7.99. The fourth-order valence-electron chi connectivity index (χ4n) is 0.882. The fraction of sp³-hybridized carbons (Fsp3) is 0.833. The number of carbonyl (C=O) groups excluding carboxylic acids is 2. The molecule has 23 heavy (non-hydrogen) atoms. The molecule has 0 heterocycles. The molecule has 9 nitrogen and oxygen atoms in total. The first kappa shape index (κ1) is 21.8. The van der Waals surface area contributed by atoms with E-state index in [1.54, 1.807) is 0 Å². The van der Waals surface area contributed by atoms with Crippen molar-refractivity contribution in [2.45, 2.75) is 41.5 Å². The van der Waals surface area contributed by atoms with Gasteiger partial charge in [0.25, 0.3) is 0 Å². The van der Waals surface area contributed by atoms with Crippen LogP contribution in [0.2, 0.25) is 0 Å². The second kappa shape index (κ2) is 7.14. The van der Waals surface area contributed by atoms with Gasteiger partial charge < -0.3 is 9.47 Å². The lowest BCUT2D eigenvalue weighted by molar-refractivity contribution is -0.151. The van der Waals surface area contributed by atoms with Gasteiger partial charge in [0.1, 0.15) is 0 Å². The van der Waals surface area contributed by atoms with Crippen LogP contribution in [0.3, 0.4) is 0 Å². The maximum Gasteiger partial charge on any atom is 0.317 e. The molecule has 0 aliphatic carbocycles. The summed E-state index contributed by atoms with van der Waals surface area (Å²) in [7, 11) is -9.40. The minimum Gasteiger partial charge on any atom is -0.446 e. The van der Waals surface area contributed by atoms with E-state index in [4.69, 9.17) is 0 Å². The van der Waals surface area contributed by atoms with Crippen molar-refractivity contribution in [3.8, 4) is 0 Å². The lowest BCUT2D eigenvalue weighted by Gasteiger charge is -2.17. The molecular weight excluding hydrogens is 352 g/mol. The normalized spacial score (nSPS) is 13.5. The van der Waals surface area contributed by atoms with E-state index < -0.39 is 54.9 Å². The highest BCUT2D eigenvalue weighted by Crippen LogP contribution is 2.17. The van der Waals surface area contributed by atoms with Gasteiger partial charge >= 0.3 is 32.2 Å².